The highest BCUT2D eigenvalue weighted by Gasteiger charge is 2.33. The van der Waals surface area contributed by atoms with E-state index in [9.17, 15) is 4.79 Å². The molecule has 1 aromatic carbocycles. The van der Waals surface area contributed by atoms with E-state index in [1.165, 1.54) is 0 Å². The number of nitrogens with zero attached hydrogens (tertiary/aromatic N) is 1. The Kier molecular flexibility index (Phi) is 4.20. The summed E-state index contributed by atoms with van der Waals surface area (Å²) in [4.78, 5) is 13.8. The van der Waals surface area contributed by atoms with E-state index in [1.54, 1.807) is 0 Å². The summed E-state index contributed by atoms with van der Waals surface area (Å²) in [6.07, 6.45) is 1.46. The van der Waals surface area contributed by atoms with Gasteiger partial charge in [-0.1, -0.05) is 30.3 Å². The first-order valence-electron chi connectivity index (χ1n) is 6.44. The van der Waals surface area contributed by atoms with Crippen LogP contribution in [0.4, 0.5) is 4.79 Å². The predicted molar refractivity (Wildman–Crippen MR) is 70.1 cm³/mol. The Morgan fingerprint density at radius 3 is 2.83 bits per heavy atom. The highest BCUT2D eigenvalue weighted by molar-refractivity contribution is 5.69. The van der Waals surface area contributed by atoms with Crippen LogP contribution in [-0.4, -0.2) is 30.2 Å². The van der Waals surface area contributed by atoms with Crippen molar-refractivity contribution in [2.45, 2.75) is 31.8 Å². The first-order chi connectivity index (χ1) is 8.74. The Balaban J connectivity index is 2.19. The summed E-state index contributed by atoms with van der Waals surface area (Å²) in [5.74, 6) is 0. The molecule has 1 fully saturated rings. The van der Waals surface area contributed by atoms with Crippen molar-refractivity contribution < 1.29 is 9.53 Å². The predicted octanol–water partition coefficient (Wildman–Crippen LogP) is 2.31. The number of amides is 1. The molecule has 4 heteroatoms. The fraction of sp³-hybridized carbons (Fsp3) is 0.500. The molecular weight excluding hydrogens is 228 g/mol. The van der Waals surface area contributed by atoms with Crippen LogP contribution in [-0.2, 0) is 4.74 Å². The third kappa shape index (κ3) is 2.64. The quantitative estimate of drug-likeness (QED) is 0.889. The lowest BCUT2D eigenvalue weighted by Crippen LogP contribution is -2.47. The van der Waals surface area contributed by atoms with Crippen LogP contribution in [0, 0.1) is 0 Å². The zero-order valence-corrected chi connectivity index (χ0v) is 10.7. The van der Waals surface area contributed by atoms with E-state index >= 15 is 0 Å². The zero-order chi connectivity index (χ0) is 13.0. The third-order valence-corrected chi connectivity index (χ3v) is 3.48. The van der Waals surface area contributed by atoms with Crippen molar-refractivity contribution in [1.29, 1.82) is 0 Å². The van der Waals surface area contributed by atoms with E-state index < -0.39 is 0 Å². The minimum atomic E-state index is -0.226. The summed E-state index contributed by atoms with van der Waals surface area (Å²) in [5.41, 5.74) is 6.75. The lowest BCUT2D eigenvalue weighted by molar-refractivity contribution is 0.0250. The molecule has 0 radical (unpaired) electrons. The summed E-state index contributed by atoms with van der Waals surface area (Å²) in [5, 5.41) is 0. The number of carbonyl (C=O) groups is 1. The minimum absolute atomic E-state index is 0.0237. The first kappa shape index (κ1) is 12.9. The fourth-order valence-electron chi connectivity index (χ4n) is 2.49. The van der Waals surface area contributed by atoms with Crippen LogP contribution in [0.1, 0.15) is 31.4 Å². The summed E-state index contributed by atoms with van der Waals surface area (Å²) in [6, 6.07) is 10.2. The molecule has 0 aromatic heterocycles. The van der Waals surface area contributed by atoms with Crippen molar-refractivity contribution in [1.82, 2.24) is 4.90 Å². The number of hydrogen-bond donors (Lipinski definition) is 1. The molecule has 2 unspecified atom stereocenters. The summed E-state index contributed by atoms with van der Waals surface area (Å²) in [6.45, 7) is 3.13. The van der Waals surface area contributed by atoms with Crippen LogP contribution < -0.4 is 5.73 Å². The zero-order valence-electron chi connectivity index (χ0n) is 10.7. The second-order valence-corrected chi connectivity index (χ2v) is 4.63. The second-order valence-electron chi connectivity index (χ2n) is 4.63. The van der Waals surface area contributed by atoms with Crippen LogP contribution in [0.25, 0.3) is 0 Å². The molecule has 1 heterocycles. The number of hydrogen-bond acceptors (Lipinski definition) is 3. The van der Waals surface area contributed by atoms with E-state index in [4.69, 9.17) is 10.5 Å². The Hall–Kier alpha value is -1.55. The van der Waals surface area contributed by atoms with Crippen LogP contribution in [0.3, 0.4) is 0 Å². The molecule has 1 amide bonds. The molecule has 1 aliphatic rings. The number of nitrogens with two attached hydrogens (primary N) is 1. The van der Waals surface area contributed by atoms with Gasteiger partial charge in [-0.3, -0.25) is 4.90 Å². The van der Waals surface area contributed by atoms with E-state index in [0.717, 1.165) is 18.4 Å². The van der Waals surface area contributed by atoms with Gasteiger partial charge in [0.25, 0.3) is 0 Å². The number of carbonyl (C=O) groups excluding carboxylic acids is 1. The maximum atomic E-state index is 12.0. The van der Waals surface area contributed by atoms with Crippen LogP contribution in [0.2, 0.25) is 0 Å². The number of ether oxygens (including phenoxy) is 1. The highest BCUT2D eigenvalue weighted by atomic mass is 16.6. The van der Waals surface area contributed by atoms with Crippen molar-refractivity contribution in [3.63, 3.8) is 0 Å². The molecule has 2 N–H and O–H groups in total. The Morgan fingerprint density at radius 1 is 1.44 bits per heavy atom. The standard InChI is InChI=1S/C14H20N2O2/c1-11(12-5-3-2-4-6-12)16-13(7-9-15)8-10-18-14(16)17/h2-6,11,13H,7-10,15H2,1H3. The average Bonchev–Trinajstić information content (AvgIpc) is 2.40. The Morgan fingerprint density at radius 2 is 2.17 bits per heavy atom. The SMILES string of the molecule is CC(c1ccccc1)N1C(=O)OCCC1CCN. The second kappa shape index (κ2) is 5.87. The van der Waals surface area contributed by atoms with Crippen molar-refractivity contribution in [3.05, 3.63) is 35.9 Å². The van der Waals surface area contributed by atoms with E-state index in [0.29, 0.717) is 13.2 Å². The molecule has 1 saturated heterocycles. The molecule has 1 aromatic rings. The summed E-state index contributed by atoms with van der Waals surface area (Å²) in [7, 11) is 0. The van der Waals surface area contributed by atoms with Gasteiger partial charge >= 0.3 is 6.09 Å². The van der Waals surface area contributed by atoms with Crippen molar-refractivity contribution in [2.24, 2.45) is 5.73 Å². The molecule has 0 bridgehead atoms. The van der Waals surface area contributed by atoms with E-state index in [2.05, 4.69) is 0 Å². The first-order valence-corrected chi connectivity index (χ1v) is 6.44. The number of benzene rings is 1. The van der Waals surface area contributed by atoms with Crippen LogP contribution in [0.5, 0.6) is 0 Å². The third-order valence-electron chi connectivity index (χ3n) is 3.48. The molecule has 4 nitrogen and oxygen atoms in total. The summed E-state index contributed by atoms with van der Waals surface area (Å²) >= 11 is 0. The van der Waals surface area contributed by atoms with Crippen LogP contribution in [0.15, 0.2) is 30.3 Å². The number of cyclic esters (lactones) is 1. The molecule has 0 aliphatic carbocycles. The molecule has 2 atom stereocenters. The molecule has 18 heavy (non-hydrogen) atoms. The average molecular weight is 248 g/mol. The van der Waals surface area contributed by atoms with Gasteiger partial charge in [0.15, 0.2) is 0 Å². The molecule has 0 spiro atoms. The highest BCUT2D eigenvalue weighted by Crippen LogP contribution is 2.28. The number of rotatable bonds is 4. The molecule has 0 saturated carbocycles. The lowest BCUT2D eigenvalue weighted by atomic mass is 10.0. The normalized spacial score (nSPS) is 21.6. The van der Waals surface area contributed by atoms with Gasteiger partial charge in [-0.2, -0.15) is 0 Å². The topological polar surface area (TPSA) is 55.6 Å². The Labute approximate surface area is 108 Å². The van der Waals surface area contributed by atoms with Gasteiger partial charge in [-0.25, -0.2) is 4.79 Å². The van der Waals surface area contributed by atoms with Gasteiger partial charge in [0.2, 0.25) is 0 Å². The van der Waals surface area contributed by atoms with Crippen molar-refractivity contribution in [2.75, 3.05) is 13.2 Å². The van der Waals surface area contributed by atoms with E-state index in [-0.39, 0.29) is 18.2 Å². The van der Waals surface area contributed by atoms with Gasteiger partial charge in [-0.15, -0.1) is 0 Å². The smallest absolute Gasteiger partial charge is 0.410 e. The maximum absolute atomic E-state index is 12.0. The molecule has 2 rings (SSSR count). The molecule has 98 valence electrons. The van der Waals surface area contributed by atoms with Gasteiger partial charge in [0, 0.05) is 12.5 Å². The molecule has 1 aliphatic heterocycles. The van der Waals surface area contributed by atoms with Crippen LogP contribution >= 0.6 is 0 Å². The largest absolute Gasteiger partial charge is 0.449 e. The lowest BCUT2D eigenvalue weighted by Gasteiger charge is -2.39. The van der Waals surface area contributed by atoms with Gasteiger partial charge in [0.1, 0.15) is 0 Å². The maximum Gasteiger partial charge on any atom is 0.410 e. The van der Waals surface area contributed by atoms with Gasteiger partial charge < -0.3 is 10.5 Å². The molecular formula is C14H20N2O2. The van der Waals surface area contributed by atoms with Gasteiger partial charge in [0.05, 0.1) is 12.6 Å². The summed E-state index contributed by atoms with van der Waals surface area (Å²) < 4.78 is 5.16. The minimum Gasteiger partial charge on any atom is -0.449 e. The monoisotopic (exact) mass is 248 g/mol. The Bertz CT molecular complexity index is 392. The fourth-order valence-corrected chi connectivity index (χ4v) is 2.49. The van der Waals surface area contributed by atoms with E-state index in [1.807, 2.05) is 42.2 Å². The van der Waals surface area contributed by atoms with Gasteiger partial charge in [-0.05, 0) is 25.5 Å². The van der Waals surface area contributed by atoms with Crippen molar-refractivity contribution in [3.8, 4) is 0 Å². The van der Waals surface area contributed by atoms with Crippen molar-refractivity contribution >= 4 is 6.09 Å².